The quantitative estimate of drug-likeness (QED) is 0.910. The first kappa shape index (κ1) is 17.2. The topological polar surface area (TPSA) is 72.3 Å². The van der Waals surface area contributed by atoms with Gasteiger partial charge in [-0.1, -0.05) is 13.3 Å². The van der Waals surface area contributed by atoms with Gasteiger partial charge in [0.1, 0.15) is 11.6 Å². The molecule has 2 amide bonds. The van der Waals surface area contributed by atoms with Crippen LogP contribution in [-0.4, -0.2) is 57.5 Å². The predicted molar refractivity (Wildman–Crippen MR) is 90.9 cm³/mol. The van der Waals surface area contributed by atoms with Crippen molar-refractivity contribution >= 4 is 6.03 Å². The van der Waals surface area contributed by atoms with E-state index in [1.54, 1.807) is 0 Å². The van der Waals surface area contributed by atoms with Gasteiger partial charge in [-0.3, -0.25) is 0 Å². The molecular weight excluding hydrogens is 306 g/mol. The van der Waals surface area contributed by atoms with E-state index in [1.165, 1.54) is 19.3 Å². The van der Waals surface area contributed by atoms with E-state index >= 15 is 0 Å². The fourth-order valence-electron chi connectivity index (χ4n) is 3.44. The minimum Gasteiger partial charge on any atom is -0.372 e. The second-order valence-corrected chi connectivity index (χ2v) is 7.05. The molecule has 24 heavy (non-hydrogen) atoms. The molecule has 0 radical (unpaired) electrons. The standard InChI is InChI=1S/C17H29N5O2/c1-3-17(2)13-21(11-12-24-17)16(23)18-9-8-15-20-19-14-7-5-4-6-10-22(14)15/h3-13H2,1-2H3,(H,18,23)/t17-/m0/s1. The molecule has 1 N–H and O–H groups in total. The number of nitrogens with zero attached hydrogens (tertiary/aromatic N) is 4. The normalized spacial score (nSPS) is 24.3. The molecule has 0 saturated carbocycles. The van der Waals surface area contributed by atoms with Crippen LogP contribution in [0.4, 0.5) is 4.79 Å². The molecule has 0 aliphatic carbocycles. The summed E-state index contributed by atoms with van der Waals surface area (Å²) in [5.74, 6) is 2.09. The van der Waals surface area contributed by atoms with Crippen LogP contribution in [-0.2, 0) is 24.1 Å². The van der Waals surface area contributed by atoms with Crippen LogP contribution in [0.5, 0.6) is 0 Å². The van der Waals surface area contributed by atoms with E-state index in [9.17, 15) is 4.79 Å². The van der Waals surface area contributed by atoms with Crippen molar-refractivity contribution in [3.63, 3.8) is 0 Å². The Morgan fingerprint density at radius 3 is 3.00 bits per heavy atom. The first-order chi connectivity index (χ1) is 11.6. The molecule has 0 spiro atoms. The number of urea groups is 1. The lowest BCUT2D eigenvalue weighted by atomic mass is 10.0. The van der Waals surface area contributed by atoms with Crippen LogP contribution in [0.2, 0.25) is 0 Å². The van der Waals surface area contributed by atoms with Crippen LogP contribution in [0, 0.1) is 0 Å². The van der Waals surface area contributed by atoms with Gasteiger partial charge in [0.2, 0.25) is 0 Å². The number of hydrogen-bond donors (Lipinski definition) is 1. The summed E-state index contributed by atoms with van der Waals surface area (Å²) in [5, 5.41) is 11.6. The highest BCUT2D eigenvalue weighted by atomic mass is 16.5. The SMILES string of the molecule is CC[C@@]1(C)CN(C(=O)NCCc2nnc3n2CCCCC3)CCO1. The van der Waals surface area contributed by atoms with Gasteiger partial charge in [0, 0.05) is 32.5 Å². The van der Waals surface area contributed by atoms with E-state index in [2.05, 4.69) is 33.9 Å². The molecule has 2 aliphatic heterocycles. The zero-order chi connectivity index (χ0) is 17.0. The first-order valence-corrected chi connectivity index (χ1v) is 9.19. The van der Waals surface area contributed by atoms with Crippen molar-refractivity contribution in [3.05, 3.63) is 11.6 Å². The predicted octanol–water partition coefficient (Wildman–Crippen LogP) is 1.76. The fraction of sp³-hybridized carbons (Fsp3) is 0.824. The minimum absolute atomic E-state index is 0.00594. The van der Waals surface area contributed by atoms with Crippen molar-refractivity contribution in [2.24, 2.45) is 0 Å². The summed E-state index contributed by atoms with van der Waals surface area (Å²) in [7, 11) is 0. The molecule has 0 bridgehead atoms. The third-order valence-corrected chi connectivity index (χ3v) is 5.18. The monoisotopic (exact) mass is 335 g/mol. The lowest BCUT2D eigenvalue weighted by Crippen LogP contribution is -2.54. The number of aryl methyl sites for hydroxylation is 1. The average Bonchev–Trinajstić information content (AvgIpc) is 2.81. The Balaban J connectivity index is 1.50. The molecule has 1 saturated heterocycles. The molecule has 2 aliphatic rings. The molecule has 134 valence electrons. The van der Waals surface area contributed by atoms with Crippen LogP contribution in [0.15, 0.2) is 0 Å². The number of morpholine rings is 1. The molecule has 7 heteroatoms. The maximum Gasteiger partial charge on any atom is 0.317 e. The highest BCUT2D eigenvalue weighted by Crippen LogP contribution is 2.21. The van der Waals surface area contributed by atoms with Gasteiger partial charge in [-0.25, -0.2) is 4.79 Å². The molecule has 3 rings (SSSR count). The van der Waals surface area contributed by atoms with E-state index in [-0.39, 0.29) is 11.6 Å². The summed E-state index contributed by atoms with van der Waals surface area (Å²) < 4.78 is 8.03. The Morgan fingerprint density at radius 1 is 1.29 bits per heavy atom. The molecule has 1 aromatic rings. The minimum atomic E-state index is -0.222. The van der Waals surface area contributed by atoms with E-state index in [0.717, 1.165) is 37.5 Å². The van der Waals surface area contributed by atoms with Gasteiger partial charge in [-0.2, -0.15) is 0 Å². The van der Waals surface area contributed by atoms with Gasteiger partial charge in [-0.15, -0.1) is 10.2 Å². The van der Waals surface area contributed by atoms with Crippen LogP contribution in [0.1, 0.15) is 51.2 Å². The Bertz CT molecular complexity index is 573. The van der Waals surface area contributed by atoms with Gasteiger partial charge in [0.05, 0.1) is 18.8 Å². The number of nitrogens with one attached hydrogen (secondary N) is 1. The van der Waals surface area contributed by atoms with Crippen LogP contribution in [0.3, 0.4) is 0 Å². The third kappa shape index (κ3) is 3.88. The van der Waals surface area contributed by atoms with Crippen LogP contribution in [0.25, 0.3) is 0 Å². The summed E-state index contributed by atoms with van der Waals surface area (Å²) in [6, 6.07) is -0.00594. The van der Waals surface area contributed by atoms with Gasteiger partial charge < -0.3 is 19.5 Å². The second-order valence-electron chi connectivity index (χ2n) is 7.05. The van der Waals surface area contributed by atoms with Crippen LogP contribution < -0.4 is 5.32 Å². The number of aromatic nitrogens is 3. The van der Waals surface area contributed by atoms with Crippen molar-refractivity contribution in [2.75, 3.05) is 26.2 Å². The molecule has 0 aromatic carbocycles. The van der Waals surface area contributed by atoms with E-state index in [4.69, 9.17) is 4.74 Å². The number of carbonyl (C=O) groups is 1. The third-order valence-electron chi connectivity index (χ3n) is 5.18. The van der Waals surface area contributed by atoms with Gasteiger partial charge in [0.15, 0.2) is 0 Å². The van der Waals surface area contributed by atoms with Crippen molar-refractivity contribution in [2.45, 2.75) is 64.5 Å². The zero-order valence-corrected chi connectivity index (χ0v) is 14.9. The second kappa shape index (κ2) is 7.51. The maximum absolute atomic E-state index is 12.4. The molecular formula is C17H29N5O2. The highest BCUT2D eigenvalue weighted by Gasteiger charge is 2.32. The fourth-order valence-corrected chi connectivity index (χ4v) is 3.44. The molecule has 3 heterocycles. The summed E-state index contributed by atoms with van der Waals surface area (Å²) in [6.45, 7) is 7.67. The molecule has 7 nitrogen and oxygen atoms in total. The number of ether oxygens (including phenoxy) is 1. The Kier molecular flexibility index (Phi) is 5.38. The summed E-state index contributed by atoms with van der Waals surface area (Å²) >= 11 is 0. The molecule has 1 fully saturated rings. The van der Waals surface area contributed by atoms with E-state index < -0.39 is 0 Å². The first-order valence-electron chi connectivity index (χ1n) is 9.19. The van der Waals surface area contributed by atoms with Gasteiger partial charge in [0.25, 0.3) is 0 Å². The number of fused-ring (bicyclic) bond motifs is 1. The summed E-state index contributed by atoms with van der Waals surface area (Å²) in [4.78, 5) is 14.2. The van der Waals surface area contributed by atoms with E-state index in [1.807, 2.05) is 4.90 Å². The smallest absolute Gasteiger partial charge is 0.317 e. The lowest BCUT2D eigenvalue weighted by molar-refractivity contribution is -0.0872. The Labute approximate surface area is 143 Å². The number of hydrogen-bond acceptors (Lipinski definition) is 4. The van der Waals surface area contributed by atoms with Crippen molar-refractivity contribution in [1.82, 2.24) is 25.0 Å². The van der Waals surface area contributed by atoms with E-state index in [0.29, 0.717) is 26.2 Å². The number of rotatable bonds is 4. The molecule has 1 aromatic heterocycles. The largest absolute Gasteiger partial charge is 0.372 e. The lowest BCUT2D eigenvalue weighted by Gasteiger charge is -2.39. The van der Waals surface area contributed by atoms with Gasteiger partial charge in [-0.05, 0) is 26.2 Å². The highest BCUT2D eigenvalue weighted by molar-refractivity contribution is 5.74. The van der Waals surface area contributed by atoms with Crippen molar-refractivity contribution in [1.29, 1.82) is 0 Å². The summed E-state index contributed by atoms with van der Waals surface area (Å²) in [5.41, 5.74) is -0.222. The van der Waals surface area contributed by atoms with Crippen LogP contribution >= 0.6 is 0 Å². The Hall–Kier alpha value is -1.63. The molecule has 1 atom stereocenters. The van der Waals surface area contributed by atoms with Crippen molar-refractivity contribution < 1.29 is 9.53 Å². The summed E-state index contributed by atoms with van der Waals surface area (Å²) in [6.07, 6.45) is 6.29. The number of carbonyl (C=O) groups excluding carboxylic acids is 1. The van der Waals surface area contributed by atoms with Crippen molar-refractivity contribution in [3.8, 4) is 0 Å². The van der Waals surface area contributed by atoms with Gasteiger partial charge >= 0.3 is 6.03 Å². The molecule has 0 unspecified atom stereocenters. The average molecular weight is 335 g/mol. The Morgan fingerprint density at radius 2 is 2.17 bits per heavy atom. The maximum atomic E-state index is 12.4. The number of amides is 2. The zero-order valence-electron chi connectivity index (χ0n) is 14.9.